The summed E-state index contributed by atoms with van der Waals surface area (Å²) in [5.41, 5.74) is 6.83. The Hall–Kier alpha value is -1.95. The maximum Gasteiger partial charge on any atom is 0.0821 e. The number of likely N-dealkylation sites (tertiary alicyclic amines) is 1. The van der Waals surface area contributed by atoms with E-state index in [1.165, 1.54) is 134 Å². The molecule has 19 unspecified atom stereocenters. The highest BCUT2D eigenvalue weighted by molar-refractivity contribution is 5.33. The summed E-state index contributed by atoms with van der Waals surface area (Å²) < 4.78 is 6.93. The molecule has 332 valence electrons. The zero-order valence-electron chi connectivity index (χ0n) is 38.0. The fraction of sp³-hybridized carbons (Fsp3) is 0.833. The van der Waals surface area contributed by atoms with Crippen molar-refractivity contribution in [3.63, 3.8) is 0 Å². The molecule has 0 radical (unpaired) electrons. The molecule has 4 aliphatic heterocycles. The number of ether oxygens (including phenoxy) is 1. The smallest absolute Gasteiger partial charge is 0.0821 e. The van der Waals surface area contributed by atoms with E-state index in [0.717, 1.165) is 49.4 Å². The maximum absolute atomic E-state index is 11.5. The first-order chi connectivity index (χ1) is 30.0. The van der Waals surface area contributed by atoms with Crippen LogP contribution < -0.4 is 16.0 Å². The summed E-state index contributed by atoms with van der Waals surface area (Å²) >= 11 is 0. The predicted molar refractivity (Wildman–Crippen MR) is 244 cm³/mol. The normalized spacial score (nSPS) is 49.7. The van der Waals surface area contributed by atoms with Crippen LogP contribution in [0.1, 0.15) is 168 Å². The lowest BCUT2D eigenvalue weighted by Crippen LogP contribution is -2.74. The molecule has 0 bridgehead atoms. The van der Waals surface area contributed by atoms with Crippen molar-refractivity contribution in [1.82, 2.24) is 25.8 Å². The van der Waals surface area contributed by atoms with Gasteiger partial charge in [-0.1, -0.05) is 70.3 Å². The van der Waals surface area contributed by atoms with Crippen molar-refractivity contribution in [2.75, 3.05) is 0 Å². The third-order valence-corrected chi connectivity index (χ3v) is 20.2. The minimum atomic E-state index is 0.0788. The SMILES string of the molecule is CC1CCCC2=C1N(C1CC(N3C4CCCCC4C4CCCCC43)C(C#N)CC1C1NC(C3=CC=CCC3)NC(C3CCC4C5=CCCCC5OC4C3)N1)C1C(C)CCCC21. The van der Waals surface area contributed by atoms with Crippen molar-refractivity contribution >= 4 is 0 Å². The predicted octanol–water partition coefficient (Wildman–Crippen LogP) is 10.2. The number of hydrogen-bond acceptors (Lipinski definition) is 7. The molecule has 8 aliphatic carbocycles. The average molecular weight is 829 g/mol. The van der Waals surface area contributed by atoms with Crippen LogP contribution in [0.5, 0.6) is 0 Å². The first-order valence-corrected chi connectivity index (χ1v) is 26.7. The highest BCUT2D eigenvalue weighted by atomic mass is 16.5. The van der Waals surface area contributed by atoms with Gasteiger partial charge in [0.1, 0.15) is 0 Å². The number of hydrogen-bond donors (Lipinski definition) is 3. The Labute approximate surface area is 369 Å². The quantitative estimate of drug-likeness (QED) is 0.238. The number of nitriles is 1. The van der Waals surface area contributed by atoms with E-state index in [0.29, 0.717) is 66.1 Å². The molecule has 0 spiro atoms. The third kappa shape index (κ3) is 6.94. The summed E-state index contributed by atoms with van der Waals surface area (Å²) in [7, 11) is 0. The van der Waals surface area contributed by atoms with Gasteiger partial charge in [0, 0.05) is 53.7 Å². The number of nitrogens with zero attached hydrogens (tertiary/aromatic N) is 3. The highest BCUT2D eigenvalue weighted by Gasteiger charge is 2.59. The van der Waals surface area contributed by atoms with Gasteiger partial charge in [0.25, 0.3) is 0 Å². The molecule has 4 heterocycles. The molecule has 7 heteroatoms. The Bertz CT molecular complexity index is 1790. The van der Waals surface area contributed by atoms with E-state index < -0.39 is 0 Å². The molecule has 3 saturated heterocycles. The van der Waals surface area contributed by atoms with Gasteiger partial charge in [-0.15, -0.1) is 0 Å². The Balaban J connectivity index is 0.922. The molecule has 12 aliphatic rings. The number of allylic oxidation sites excluding steroid dienone is 5. The van der Waals surface area contributed by atoms with Gasteiger partial charge in [0.05, 0.1) is 42.7 Å². The number of nitrogens with one attached hydrogen (secondary N) is 3. The summed E-state index contributed by atoms with van der Waals surface area (Å²) in [4.78, 5) is 6.35. The van der Waals surface area contributed by atoms with E-state index in [2.05, 4.69) is 70.0 Å². The monoisotopic (exact) mass is 829 g/mol. The van der Waals surface area contributed by atoms with Crippen molar-refractivity contribution in [3.8, 4) is 6.07 Å². The standard InChI is InChI=1S/C54H80N6O/c1-32-14-12-21-41-42-22-13-15-33(2)51(42)60(50(32)41)47-30-46(59-44-23-9-6-18-37(44)38-19-7-10-24-45(38)59)36(31-55)28-43(47)54-57-52(34-16-4-3-5-17-34)56-53(58-54)35-26-27-40-39-20-8-11-25-48(39)61-49(40)29-35/h3-4,16,20,32-33,35-38,40-41,43-50,52-54,56-58H,5-15,17-19,21-30H2,1-2H3. The summed E-state index contributed by atoms with van der Waals surface area (Å²) in [5, 5.41) is 24.6. The Morgan fingerprint density at radius 2 is 1.51 bits per heavy atom. The Kier molecular flexibility index (Phi) is 11.2. The van der Waals surface area contributed by atoms with Crippen molar-refractivity contribution < 1.29 is 4.74 Å². The highest BCUT2D eigenvalue weighted by Crippen LogP contribution is 2.57. The molecule has 12 rings (SSSR count). The first kappa shape index (κ1) is 40.6. The second-order valence-corrected chi connectivity index (χ2v) is 23.2. The fourth-order valence-electron chi connectivity index (χ4n) is 17.8. The van der Waals surface area contributed by atoms with E-state index in [4.69, 9.17) is 4.74 Å². The zero-order chi connectivity index (χ0) is 40.8. The average Bonchev–Trinajstić information content (AvgIpc) is 3.97. The van der Waals surface area contributed by atoms with Gasteiger partial charge in [-0.25, -0.2) is 0 Å². The Morgan fingerprint density at radius 1 is 0.689 bits per heavy atom. The van der Waals surface area contributed by atoms with E-state index in [-0.39, 0.29) is 24.4 Å². The van der Waals surface area contributed by atoms with Crippen LogP contribution in [0.2, 0.25) is 0 Å². The summed E-state index contributed by atoms with van der Waals surface area (Å²) in [5.74, 6) is 5.44. The van der Waals surface area contributed by atoms with Crippen molar-refractivity contribution in [3.05, 3.63) is 46.7 Å². The van der Waals surface area contributed by atoms with E-state index in [9.17, 15) is 5.26 Å². The lowest BCUT2D eigenvalue weighted by molar-refractivity contribution is -0.0463. The second-order valence-electron chi connectivity index (χ2n) is 23.2. The largest absolute Gasteiger partial charge is 0.370 e. The van der Waals surface area contributed by atoms with Crippen LogP contribution in [0, 0.1) is 64.6 Å². The molecule has 61 heavy (non-hydrogen) atoms. The van der Waals surface area contributed by atoms with Gasteiger partial charge in [-0.3, -0.25) is 20.9 Å². The van der Waals surface area contributed by atoms with Crippen LogP contribution in [0.25, 0.3) is 0 Å². The van der Waals surface area contributed by atoms with Crippen LogP contribution in [0.3, 0.4) is 0 Å². The van der Waals surface area contributed by atoms with Crippen molar-refractivity contribution in [2.45, 2.75) is 229 Å². The fourth-order valence-corrected chi connectivity index (χ4v) is 17.8. The molecule has 8 fully saturated rings. The minimum Gasteiger partial charge on any atom is -0.370 e. The van der Waals surface area contributed by atoms with Gasteiger partial charge < -0.3 is 9.64 Å². The second kappa shape index (κ2) is 16.8. The van der Waals surface area contributed by atoms with Crippen LogP contribution >= 0.6 is 0 Å². The summed E-state index contributed by atoms with van der Waals surface area (Å²) in [6.07, 6.45) is 42.2. The lowest BCUT2D eigenvalue weighted by Gasteiger charge is -2.57. The molecular weight excluding hydrogens is 749 g/mol. The van der Waals surface area contributed by atoms with Crippen molar-refractivity contribution in [2.24, 2.45) is 53.3 Å². The molecule has 7 nitrogen and oxygen atoms in total. The Morgan fingerprint density at radius 3 is 2.31 bits per heavy atom. The molecule has 5 saturated carbocycles. The van der Waals surface area contributed by atoms with Gasteiger partial charge in [-0.2, -0.15) is 5.26 Å². The summed E-state index contributed by atoms with van der Waals surface area (Å²) in [6, 6.07) is 5.98. The van der Waals surface area contributed by atoms with Gasteiger partial charge >= 0.3 is 0 Å². The zero-order valence-corrected chi connectivity index (χ0v) is 38.0. The van der Waals surface area contributed by atoms with E-state index >= 15 is 0 Å². The molecule has 0 amide bonds. The topological polar surface area (TPSA) is 75.6 Å². The third-order valence-electron chi connectivity index (χ3n) is 20.2. The van der Waals surface area contributed by atoms with Crippen LogP contribution in [-0.4, -0.2) is 70.7 Å². The van der Waals surface area contributed by atoms with E-state index in [1.54, 1.807) is 11.3 Å². The number of fused-ring (bicyclic) bond motifs is 8. The number of rotatable bonds is 5. The summed E-state index contributed by atoms with van der Waals surface area (Å²) in [6.45, 7) is 5.23. The van der Waals surface area contributed by atoms with Crippen LogP contribution in [0.4, 0.5) is 0 Å². The minimum absolute atomic E-state index is 0.0788. The maximum atomic E-state index is 11.5. The molecule has 0 aromatic rings. The first-order valence-electron chi connectivity index (χ1n) is 26.7. The molecule has 19 atom stereocenters. The van der Waals surface area contributed by atoms with Gasteiger partial charge in [0.2, 0.25) is 0 Å². The van der Waals surface area contributed by atoms with E-state index in [1.807, 2.05) is 5.57 Å². The van der Waals surface area contributed by atoms with Gasteiger partial charge in [-0.05, 0) is 168 Å². The molecule has 0 aromatic carbocycles. The van der Waals surface area contributed by atoms with Crippen molar-refractivity contribution in [1.29, 1.82) is 5.26 Å². The lowest BCUT2D eigenvalue weighted by atomic mass is 9.69. The van der Waals surface area contributed by atoms with Gasteiger partial charge in [0.15, 0.2) is 0 Å². The van der Waals surface area contributed by atoms with Crippen LogP contribution in [-0.2, 0) is 4.74 Å². The molecule has 3 N–H and O–H groups in total. The molecular formula is C54H80N6O. The van der Waals surface area contributed by atoms with Crippen LogP contribution in [0.15, 0.2) is 46.7 Å². The molecule has 0 aromatic heterocycles.